The van der Waals surface area contributed by atoms with Crippen LogP contribution in [-0.2, 0) is 4.74 Å². The van der Waals surface area contributed by atoms with Crippen LogP contribution in [0.2, 0.25) is 0 Å². The Kier molecular flexibility index (Phi) is 4.54. The van der Waals surface area contributed by atoms with E-state index < -0.39 is 0 Å². The van der Waals surface area contributed by atoms with E-state index in [2.05, 4.69) is 20.3 Å². The van der Waals surface area contributed by atoms with Crippen molar-refractivity contribution in [3.63, 3.8) is 0 Å². The van der Waals surface area contributed by atoms with Crippen molar-refractivity contribution in [2.75, 3.05) is 18.2 Å². The summed E-state index contributed by atoms with van der Waals surface area (Å²) >= 11 is 1.47. The Balaban J connectivity index is 1.75. The van der Waals surface area contributed by atoms with Crippen molar-refractivity contribution >= 4 is 34.4 Å². The summed E-state index contributed by atoms with van der Waals surface area (Å²) in [5.41, 5.74) is 2.17. The van der Waals surface area contributed by atoms with Crippen molar-refractivity contribution in [2.24, 2.45) is 0 Å². The number of rotatable bonds is 4. The first-order valence-electron chi connectivity index (χ1n) is 8.17. The number of nitrogens with one attached hydrogen (secondary N) is 1. The first kappa shape index (κ1) is 16.3. The average Bonchev–Trinajstić information content (AvgIpc) is 3.08. The molecule has 1 atom stereocenters. The monoisotopic (exact) mass is 359 g/mol. The van der Waals surface area contributed by atoms with E-state index in [1.807, 2.05) is 10.8 Å². The minimum atomic E-state index is -0.276. The van der Waals surface area contributed by atoms with E-state index >= 15 is 0 Å². The van der Waals surface area contributed by atoms with E-state index in [4.69, 9.17) is 4.74 Å². The molecule has 0 amide bonds. The van der Waals surface area contributed by atoms with Crippen LogP contribution < -0.4 is 5.32 Å². The minimum Gasteiger partial charge on any atom is -0.358 e. The van der Waals surface area contributed by atoms with Crippen LogP contribution >= 0.6 is 11.8 Å². The van der Waals surface area contributed by atoms with E-state index in [-0.39, 0.29) is 12.0 Å². The molecule has 4 rings (SSSR count). The maximum absolute atomic E-state index is 13.1. The lowest BCUT2D eigenvalue weighted by molar-refractivity contribution is -0.0298. The van der Waals surface area contributed by atoms with Crippen molar-refractivity contribution in [1.82, 2.24) is 19.5 Å². The second kappa shape index (κ2) is 6.97. The van der Waals surface area contributed by atoms with Gasteiger partial charge >= 0.3 is 0 Å². The summed E-state index contributed by atoms with van der Waals surface area (Å²) < 4.78 is 21.0. The summed E-state index contributed by atoms with van der Waals surface area (Å²) in [5.74, 6) is 0.331. The van der Waals surface area contributed by atoms with Crippen LogP contribution in [0.25, 0.3) is 11.2 Å². The van der Waals surface area contributed by atoms with Gasteiger partial charge in [-0.15, -0.1) is 0 Å². The second-order valence-corrected chi connectivity index (χ2v) is 6.61. The molecule has 130 valence electrons. The van der Waals surface area contributed by atoms with E-state index in [1.54, 1.807) is 18.5 Å². The Morgan fingerprint density at radius 2 is 2.08 bits per heavy atom. The molecule has 3 heterocycles. The normalized spacial score (nSPS) is 17.8. The zero-order valence-electron chi connectivity index (χ0n) is 13.8. The molecule has 0 spiro atoms. The third kappa shape index (κ3) is 3.32. The third-order valence-corrected chi connectivity index (χ3v) is 4.70. The number of hydrogen-bond acceptors (Lipinski definition) is 6. The molecule has 1 aliphatic heterocycles. The van der Waals surface area contributed by atoms with Gasteiger partial charge in [-0.25, -0.2) is 19.3 Å². The Morgan fingerprint density at radius 1 is 1.24 bits per heavy atom. The molecule has 3 aromatic rings. The number of aromatic nitrogens is 4. The standard InChI is InChI=1S/C17H18FN5OS/c1-25-17-21-15(20-12-7-5-11(18)6-8-12)14-16(22-17)23(10-19-14)13-4-2-3-9-24-13/h5-8,10,13H,2-4,9H2,1H3,(H,20,21,22). The Morgan fingerprint density at radius 3 is 2.80 bits per heavy atom. The highest BCUT2D eigenvalue weighted by molar-refractivity contribution is 7.98. The van der Waals surface area contributed by atoms with E-state index in [1.165, 1.54) is 23.9 Å². The Hall–Kier alpha value is -2.19. The van der Waals surface area contributed by atoms with Gasteiger partial charge in [0.2, 0.25) is 0 Å². The molecule has 1 aromatic carbocycles. The van der Waals surface area contributed by atoms with E-state index in [9.17, 15) is 4.39 Å². The molecule has 1 unspecified atom stereocenters. The van der Waals surface area contributed by atoms with Gasteiger partial charge in [0.15, 0.2) is 22.1 Å². The fraction of sp³-hybridized carbons (Fsp3) is 0.353. The molecule has 0 bridgehead atoms. The van der Waals surface area contributed by atoms with Gasteiger partial charge in [0.05, 0.1) is 6.33 Å². The van der Waals surface area contributed by atoms with Crippen LogP contribution in [0.4, 0.5) is 15.9 Å². The maximum atomic E-state index is 13.1. The molecule has 2 aromatic heterocycles. The number of hydrogen-bond donors (Lipinski definition) is 1. The molecule has 1 N–H and O–H groups in total. The molecule has 6 nitrogen and oxygen atoms in total. The summed E-state index contributed by atoms with van der Waals surface area (Å²) in [5, 5.41) is 3.87. The van der Waals surface area contributed by atoms with Crippen molar-refractivity contribution in [3.8, 4) is 0 Å². The lowest BCUT2D eigenvalue weighted by Crippen LogP contribution is -2.17. The molecular formula is C17H18FN5OS. The Bertz CT molecular complexity index is 877. The van der Waals surface area contributed by atoms with Gasteiger partial charge in [0.1, 0.15) is 12.0 Å². The highest BCUT2D eigenvalue weighted by Gasteiger charge is 2.21. The molecule has 0 saturated carbocycles. The predicted octanol–water partition coefficient (Wildman–Crippen LogP) is 4.13. The van der Waals surface area contributed by atoms with Crippen molar-refractivity contribution in [3.05, 3.63) is 36.4 Å². The van der Waals surface area contributed by atoms with Crippen LogP contribution in [0.1, 0.15) is 25.5 Å². The summed E-state index contributed by atoms with van der Waals surface area (Å²) in [6, 6.07) is 6.15. The van der Waals surface area contributed by atoms with Crippen LogP contribution in [0.3, 0.4) is 0 Å². The molecule has 1 aliphatic rings. The summed E-state index contributed by atoms with van der Waals surface area (Å²) in [6.07, 6.45) is 6.82. The number of thioether (sulfide) groups is 1. The molecule has 25 heavy (non-hydrogen) atoms. The van der Waals surface area contributed by atoms with Crippen LogP contribution in [-0.4, -0.2) is 32.4 Å². The SMILES string of the molecule is CSc1nc(Nc2ccc(F)cc2)c2ncn(C3CCCCO3)c2n1. The summed E-state index contributed by atoms with van der Waals surface area (Å²) in [6.45, 7) is 0.755. The van der Waals surface area contributed by atoms with Crippen LogP contribution in [0.15, 0.2) is 35.7 Å². The van der Waals surface area contributed by atoms with Gasteiger partial charge in [0.25, 0.3) is 0 Å². The molecule has 1 saturated heterocycles. The maximum Gasteiger partial charge on any atom is 0.191 e. The Labute approximate surface area is 148 Å². The fourth-order valence-corrected chi connectivity index (χ4v) is 3.26. The first-order chi connectivity index (χ1) is 12.2. The van der Waals surface area contributed by atoms with Crippen molar-refractivity contribution in [1.29, 1.82) is 0 Å². The van der Waals surface area contributed by atoms with Crippen molar-refractivity contribution in [2.45, 2.75) is 30.6 Å². The molecular weight excluding hydrogens is 341 g/mol. The predicted molar refractivity (Wildman–Crippen MR) is 95.6 cm³/mol. The van der Waals surface area contributed by atoms with Gasteiger partial charge in [-0.1, -0.05) is 11.8 Å². The highest BCUT2D eigenvalue weighted by Crippen LogP contribution is 2.30. The van der Waals surface area contributed by atoms with Crippen molar-refractivity contribution < 1.29 is 9.13 Å². The highest BCUT2D eigenvalue weighted by atomic mass is 32.2. The first-order valence-corrected chi connectivity index (χ1v) is 9.40. The number of fused-ring (bicyclic) bond motifs is 1. The van der Waals surface area contributed by atoms with E-state index in [0.29, 0.717) is 16.5 Å². The quantitative estimate of drug-likeness (QED) is 0.558. The zero-order valence-corrected chi connectivity index (χ0v) is 14.6. The second-order valence-electron chi connectivity index (χ2n) is 5.84. The number of ether oxygens (including phenoxy) is 1. The van der Waals surface area contributed by atoms with Gasteiger partial charge in [0, 0.05) is 12.3 Å². The van der Waals surface area contributed by atoms with Gasteiger partial charge < -0.3 is 10.1 Å². The lowest BCUT2D eigenvalue weighted by atomic mass is 10.2. The molecule has 1 fully saturated rings. The lowest BCUT2D eigenvalue weighted by Gasteiger charge is -2.23. The number of imidazole rings is 1. The smallest absolute Gasteiger partial charge is 0.191 e. The number of nitrogens with zero attached hydrogens (tertiary/aromatic N) is 4. The van der Waals surface area contributed by atoms with Gasteiger partial charge in [-0.05, 0) is 49.8 Å². The number of benzene rings is 1. The average molecular weight is 359 g/mol. The van der Waals surface area contributed by atoms with E-state index in [0.717, 1.165) is 37.2 Å². The van der Waals surface area contributed by atoms with Crippen LogP contribution in [0.5, 0.6) is 0 Å². The van der Waals surface area contributed by atoms with Gasteiger partial charge in [-0.3, -0.25) is 4.57 Å². The topological polar surface area (TPSA) is 64.9 Å². The number of anilines is 2. The van der Waals surface area contributed by atoms with Crippen LogP contribution in [0, 0.1) is 5.82 Å². The zero-order chi connectivity index (χ0) is 17.2. The molecule has 0 radical (unpaired) electrons. The molecule has 0 aliphatic carbocycles. The fourth-order valence-electron chi connectivity index (χ4n) is 2.90. The molecule has 8 heteroatoms. The number of halogens is 1. The third-order valence-electron chi connectivity index (χ3n) is 4.16. The largest absolute Gasteiger partial charge is 0.358 e. The summed E-state index contributed by atoms with van der Waals surface area (Å²) in [4.78, 5) is 13.6. The van der Waals surface area contributed by atoms with Gasteiger partial charge in [-0.2, -0.15) is 0 Å². The minimum absolute atomic E-state index is 0.0398. The summed E-state index contributed by atoms with van der Waals surface area (Å²) in [7, 11) is 0.